The van der Waals surface area contributed by atoms with Gasteiger partial charge in [-0.2, -0.15) is 0 Å². The molecule has 0 radical (unpaired) electrons. The molecule has 0 saturated carbocycles. The fraction of sp³-hybridized carbons (Fsp3) is 0.867. The van der Waals surface area contributed by atoms with Gasteiger partial charge in [-0.15, -0.1) is 0 Å². The minimum atomic E-state index is -0.254. The molecule has 0 aromatic rings. The summed E-state index contributed by atoms with van der Waals surface area (Å²) in [4.78, 5) is 22.8. The van der Waals surface area contributed by atoms with Crippen LogP contribution in [-0.2, 0) is 23.8 Å². The maximum Gasteiger partial charge on any atom is 0.305 e. The molecule has 0 aromatic carbocycles. The molecule has 1 unspecified atom stereocenters. The summed E-state index contributed by atoms with van der Waals surface area (Å²) < 4.78 is 15.1. The first-order valence-electron chi connectivity index (χ1n) is 7.40. The van der Waals surface area contributed by atoms with Crippen LogP contribution < -0.4 is 0 Å². The minimum absolute atomic E-state index is 0.236. The van der Waals surface area contributed by atoms with E-state index >= 15 is 0 Å². The molecule has 0 rings (SSSR count). The molecule has 0 amide bonds. The van der Waals surface area contributed by atoms with E-state index in [-0.39, 0.29) is 30.7 Å². The zero-order valence-electron chi connectivity index (χ0n) is 13.0. The van der Waals surface area contributed by atoms with E-state index in [1.165, 1.54) is 0 Å². The third-order valence-electron chi connectivity index (χ3n) is 2.87. The number of carbonyl (C=O) groups excluding carboxylic acids is 2. The van der Waals surface area contributed by atoms with Gasteiger partial charge in [-0.3, -0.25) is 9.59 Å². The quantitative estimate of drug-likeness (QED) is 0.408. The summed E-state index contributed by atoms with van der Waals surface area (Å²) in [5, 5.41) is 0. The number of methoxy groups -OCH3 is 1. The summed E-state index contributed by atoms with van der Waals surface area (Å²) >= 11 is 0. The SMILES string of the molecule is CCCCOC(=O)CCCC(=O)OCC(C)CCOC. The van der Waals surface area contributed by atoms with Gasteiger partial charge in [0.15, 0.2) is 0 Å². The molecule has 0 N–H and O–H groups in total. The molecule has 0 spiro atoms. The number of hydrogen-bond acceptors (Lipinski definition) is 5. The van der Waals surface area contributed by atoms with E-state index in [0.717, 1.165) is 19.3 Å². The van der Waals surface area contributed by atoms with Gasteiger partial charge in [0.2, 0.25) is 0 Å². The van der Waals surface area contributed by atoms with Gasteiger partial charge in [-0.25, -0.2) is 0 Å². The molecule has 5 nitrogen and oxygen atoms in total. The van der Waals surface area contributed by atoms with Crippen molar-refractivity contribution in [3.8, 4) is 0 Å². The molecule has 0 aliphatic carbocycles. The summed E-state index contributed by atoms with van der Waals surface area (Å²) in [6, 6.07) is 0. The first-order valence-corrected chi connectivity index (χ1v) is 7.40. The van der Waals surface area contributed by atoms with E-state index in [0.29, 0.717) is 26.2 Å². The summed E-state index contributed by atoms with van der Waals surface area (Å²) in [7, 11) is 1.65. The molecule has 0 fully saturated rings. The smallest absolute Gasteiger partial charge is 0.305 e. The Hall–Kier alpha value is -1.10. The Balaban J connectivity index is 3.50. The van der Waals surface area contributed by atoms with E-state index < -0.39 is 0 Å². The molecule has 0 aliphatic heterocycles. The van der Waals surface area contributed by atoms with Crippen molar-refractivity contribution in [1.82, 2.24) is 0 Å². The molecule has 0 heterocycles. The van der Waals surface area contributed by atoms with Crippen molar-refractivity contribution in [1.29, 1.82) is 0 Å². The van der Waals surface area contributed by atoms with Crippen LogP contribution in [-0.4, -0.2) is 38.9 Å². The molecule has 0 aliphatic rings. The van der Waals surface area contributed by atoms with Crippen LogP contribution >= 0.6 is 0 Å². The average Bonchev–Trinajstić information content (AvgIpc) is 2.43. The van der Waals surface area contributed by atoms with Crippen LogP contribution in [0.2, 0.25) is 0 Å². The van der Waals surface area contributed by atoms with Gasteiger partial charge in [-0.05, 0) is 25.2 Å². The van der Waals surface area contributed by atoms with Crippen molar-refractivity contribution >= 4 is 11.9 Å². The lowest BCUT2D eigenvalue weighted by molar-refractivity contribution is -0.146. The highest BCUT2D eigenvalue weighted by Crippen LogP contribution is 2.05. The highest BCUT2D eigenvalue weighted by Gasteiger charge is 2.09. The van der Waals surface area contributed by atoms with E-state index in [1.807, 2.05) is 13.8 Å². The summed E-state index contributed by atoms with van der Waals surface area (Å²) in [6.45, 7) is 5.59. The highest BCUT2D eigenvalue weighted by atomic mass is 16.5. The Kier molecular flexibility index (Phi) is 12.2. The Morgan fingerprint density at radius 3 is 2.25 bits per heavy atom. The predicted molar refractivity (Wildman–Crippen MR) is 76.3 cm³/mol. The van der Waals surface area contributed by atoms with Gasteiger partial charge < -0.3 is 14.2 Å². The van der Waals surface area contributed by atoms with Crippen LogP contribution in [0.25, 0.3) is 0 Å². The number of hydrogen-bond donors (Lipinski definition) is 0. The third kappa shape index (κ3) is 12.0. The maximum absolute atomic E-state index is 11.5. The van der Waals surface area contributed by atoms with Gasteiger partial charge in [0.05, 0.1) is 13.2 Å². The Bertz CT molecular complexity index is 265. The van der Waals surface area contributed by atoms with Gasteiger partial charge in [0, 0.05) is 26.6 Å². The lowest BCUT2D eigenvalue weighted by Crippen LogP contribution is -2.14. The number of unbranched alkanes of at least 4 members (excludes halogenated alkanes) is 1. The number of carbonyl (C=O) groups is 2. The van der Waals surface area contributed by atoms with Gasteiger partial charge in [0.25, 0.3) is 0 Å². The van der Waals surface area contributed by atoms with E-state index in [9.17, 15) is 9.59 Å². The van der Waals surface area contributed by atoms with Crippen LogP contribution in [0.1, 0.15) is 52.4 Å². The van der Waals surface area contributed by atoms with Crippen LogP contribution in [0.3, 0.4) is 0 Å². The first kappa shape index (κ1) is 18.9. The van der Waals surface area contributed by atoms with E-state index in [2.05, 4.69) is 0 Å². The predicted octanol–water partition coefficient (Wildman–Crippen LogP) is 2.72. The third-order valence-corrected chi connectivity index (χ3v) is 2.87. The molecule has 0 saturated heterocycles. The first-order chi connectivity index (χ1) is 9.60. The van der Waals surface area contributed by atoms with Crippen molar-refractivity contribution in [2.24, 2.45) is 5.92 Å². The average molecular weight is 288 g/mol. The molecular formula is C15H28O5. The Morgan fingerprint density at radius 1 is 1.00 bits per heavy atom. The Morgan fingerprint density at radius 2 is 1.65 bits per heavy atom. The van der Waals surface area contributed by atoms with Crippen molar-refractivity contribution in [2.45, 2.75) is 52.4 Å². The molecule has 118 valence electrons. The molecule has 0 aromatic heterocycles. The number of rotatable bonds is 12. The Labute approximate surface area is 122 Å². The van der Waals surface area contributed by atoms with Crippen LogP contribution in [0.5, 0.6) is 0 Å². The normalized spacial score (nSPS) is 11.9. The van der Waals surface area contributed by atoms with Crippen molar-refractivity contribution in [3.63, 3.8) is 0 Å². The van der Waals surface area contributed by atoms with Crippen molar-refractivity contribution in [3.05, 3.63) is 0 Å². The zero-order valence-corrected chi connectivity index (χ0v) is 13.0. The van der Waals surface area contributed by atoms with Gasteiger partial charge >= 0.3 is 11.9 Å². The van der Waals surface area contributed by atoms with Crippen molar-refractivity contribution < 1.29 is 23.8 Å². The van der Waals surface area contributed by atoms with Crippen LogP contribution in [0.15, 0.2) is 0 Å². The number of ether oxygens (including phenoxy) is 3. The topological polar surface area (TPSA) is 61.8 Å². The highest BCUT2D eigenvalue weighted by molar-refractivity contribution is 5.72. The molecule has 5 heteroatoms. The maximum atomic E-state index is 11.5. The fourth-order valence-electron chi connectivity index (χ4n) is 1.49. The van der Waals surface area contributed by atoms with Crippen LogP contribution in [0, 0.1) is 5.92 Å². The molecule has 1 atom stereocenters. The largest absolute Gasteiger partial charge is 0.466 e. The lowest BCUT2D eigenvalue weighted by atomic mass is 10.1. The van der Waals surface area contributed by atoms with E-state index in [4.69, 9.17) is 14.2 Å². The lowest BCUT2D eigenvalue weighted by Gasteiger charge is -2.11. The van der Waals surface area contributed by atoms with E-state index in [1.54, 1.807) is 7.11 Å². The minimum Gasteiger partial charge on any atom is -0.466 e. The van der Waals surface area contributed by atoms with Gasteiger partial charge in [0.1, 0.15) is 0 Å². The monoisotopic (exact) mass is 288 g/mol. The van der Waals surface area contributed by atoms with Gasteiger partial charge in [-0.1, -0.05) is 20.3 Å². The second kappa shape index (κ2) is 12.9. The summed E-state index contributed by atoms with van der Waals surface area (Å²) in [5.41, 5.74) is 0. The molecular weight excluding hydrogens is 260 g/mol. The summed E-state index contributed by atoms with van der Waals surface area (Å²) in [5.74, 6) is -0.201. The summed E-state index contributed by atoms with van der Waals surface area (Å²) in [6.07, 6.45) is 3.77. The van der Waals surface area contributed by atoms with Crippen LogP contribution in [0.4, 0.5) is 0 Å². The second-order valence-corrected chi connectivity index (χ2v) is 5.00. The standard InChI is InChI=1S/C15H28O5/c1-4-5-10-19-14(16)7-6-8-15(17)20-12-13(2)9-11-18-3/h13H,4-12H2,1-3H3. The number of esters is 2. The second-order valence-electron chi connectivity index (χ2n) is 5.00. The fourth-order valence-corrected chi connectivity index (χ4v) is 1.49. The molecule has 0 bridgehead atoms. The van der Waals surface area contributed by atoms with Crippen molar-refractivity contribution in [2.75, 3.05) is 26.9 Å². The molecule has 20 heavy (non-hydrogen) atoms. The zero-order chi connectivity index (χ0) is 15.2.